The first-order chi connectivity index (χ1) is 13.4. The summed E-state index contributed by atoms with van der Waals surface area (Å²) in [4.78, 5) is 12.7. The molecule has 0 aromatic heterocycles. The first-order valence-corrected chi connectivity index (χ1v) is 11.0. The van der Waals surface area contributed by atoms with E-state index in [0.29, 0.717) is 12.2 Å². The smallest absolute Gasteiger partial charge is 0.258 e. The van der Waals surface area contributed by atoms with Crippen LogP contribution in [0.15, 0.2) is 71.6 Å². The molecule has 1 atom stereocenters. The monoisotopic (exact) mass is 397 g/mol. The number of benzene rings is 3. The third-order valence-electron chi connectivity index (χ3n) is 4.56. The van der Waals surface area contributed by atoms with E-state index in [9.17, 15) is 13.2 Å². The van der Waals surface area contributed by atoms with Gasteiger partial charge < -0.3 is 10.1 Å². The Morgan fingerprint density at radius 1 is 1.00 bits per heavy atom. The lowest BCUT2D eigenvalue weighted by atomic mass is 10.0. The SMILES string of the molecule is CC[C@@H](NC(=O)COc1cccc2ccccc12)c1ccc(S(C)(=O)=O)cc1. The summed E-state index contributed by atoms with van der Waals surface area (Å²) in [5.74, 6) is 0.436. The molecule has 28 heavy (non-hydrogen) atoms. The second-order valence-electron chi connectivity index (χ2n) is 6.64. The summed E-state index contributed by atoms with van der Waals surface area (Å²) < 4.78 is 28.9. The highest BCUT2D eigenvalue weighted by Gasteiger charge is 2.15. The molecule has 1 amide bonds. The number of carbonyl (C=O) groups is 1. The third kappa shape index (κ3) is 4.70. The zero-order valence-corrected chi connectivity index (χ0v) is 16.7. The van der Waals surface area contributed by atoms with Crippen LogP contribution in [0.2, 0.25) is 0 Å². The Labute approximate surface area is 165 Å². The van der Waals surface area contributed by atoms with Gasteiger partial charge >= 0.3 is 0 Å². The van der Waals surface area contributed by atoms with Crippen LogP contribution in [0.4, 0.5) is 0 Å². The van der Waals surface area contributed by atoms with Crippen molar-refractivity contribution >= 4 is 26.5 Å². The normalized spacial score (nSPS) is 12.5. The molecule has 3 rings (SSSR count). The van der Waals surface area contributed by atoms with Gasteiger partial charge in [-0.05, 0) is 35.6 Å². The van der Waals surface area contributed by atoms with Crippen molar-refractivity contribution in [2.45, 2.75) is 24.3 Å². The summed E-state index contributed by atoms with van der Waals surface area (Å²) in [7, 11) is -3.24. The lowest BCUT2D eigenvalue weighted by Gasteiger charge is -2.18. The lowest BCUT2D eigenvalue weighted by molar-refractivity contribution is -0.123. The summed E-state index contributed by atoms with van der Waals surface area (Å²) >= 11 is 0. The first-order valence-electron chi connectivity index (χ1n) is 9.08. The minimum atomic E-state index is -3.24. The van der Waals surface area contributed by atoms with E-state index in [1.54, 1.807) is 24.3 Å². The minimum Gasteiger partial charge on any atom is -0.483 e. The van der Waals surface area contributed by atoms with Crippen molar-refractivity contribution in [2.24, 2.45) is 0 Å². The number of amides is 1. The fourth-order valence-corrected chi connectivity index (χ4v) is 3.70. The summed E-state index contributed by atoms with van der Waals surface area (Å²) in [6.07, 6.45) is 1.85. The molecular formula is C22H23NO4S. The highest BCUT2D eigenvalue weighted by atomic mass is 32.2. The Morgan fingerprint density at radius 3 is 2.36 bits per heavy atom. The fourth-order valence-electron chi connectivity index (χ4n) is 3.07. The molecule has 0 aliphatic carbocycles. The molecule has 3 aromatic carbocycles. The van der Waals surface area contributed by atoms with Gasteiger partial charge in [-0.15, -0.1) is 0 Å². The average molecular weight is 397 g/mol. The standard InChI is InChI=1S/C22H23NO4S/c1-3-20(17-11-13-18(14-12-17)28(2,25)26)23-22(24)15-27-21-10-6-8-16-7-4-5-9-19(16)21/h4-14,20H,3,15H2,1-2H3,(H,23,24)/t20-/m1/s1. The molecule has 5 nitrogen and oxygen atoms in total. The van der Waals surface area contributed by atoms with Crippen molar-refractivity contribution in [3.63, 3.8) is 0 Å². The van der Waals surface area contributed by atoms with E-state index in [4.69, 9.17) is 4.74 Å². The Balaban J connectivity index is 1.65. The molecule has 6 heteroatoms. The minimum absolute atomic E-state index is 0.0913. The molecule has 146 valence electrons. The number of fused-ring (bicyclic) bond motifs is 1. The summed E-state index contributed by atoms with van der Waals surface area (Å²) in [5.41, 5.74) is 0.855. The predicted molar refractivity (Wildman–Crippen MR) is 110 cm³/mol. The topological polar surface area (TPSA) is 72.5 Å². The van der Waals surface area contributed by atoms with Gasteiger partial charge in [0.25, 0.3) is 5.91 Å². The van der Waals surface area contributed by atoms with Gasteiger partial charge in [-0.1, -0.05) is 55.5 Å². The van der Waals surface area contributed by atoms with Crippen molar-refractivity contribution in [2.75, 3.05) is 12.9 Å². The quantitative estimate of drug-likeness (QED) is 0.656. The van der Waals surface area contributed by atoms with E-state index < -0.39 is 9.84 Å². The van der Waals surface area contributed by atoms with Gasteiger partial charge in [0.15, 0.2) is 16.4 Å². The molecule has 0 radical (unpaired) electrons. The maximum absolute atomic E-state index is 12.4. The van der Waals surface area contributed by atoms with E-state index in [-0.39, 0.29) is 23.5 Å². The second kappa shape index (κ2) is 8.44. The van der Waals surface area contributed by atoms with Crippen LogP contribution in [0.25, 0.3) is 10.8 Å². The summed E-state index contributed by atoms with van der Waals surface area (Å²) in [6.45, 7) is 1.87. The molecule has 0 aliphatic rings. The van der Waals surface area contributed by atoms with Gasteiger partial charge in [0, 0.05) is 11.6 Å². The number of nitrogens with one attached hydrogen (secondary N) is 1. The van der Waals surface area contributed by atoms with Crippen molar-refractivity contribution < 1.29 is 17.9 Å². The van der Waals surface area contributed by atoms with Gasteiger partial charge in [-0.3, -0.25) is 4.79 Å². The van der Waals surface area contributed by atoms with Crippen LogP contribution < -0.4 is 10.1 Å². The van der Waals surface area contributed by atoms with E-state index >= 15 is 0 Å². The summed E-state index contributed by atoms with van der Waals surface area (Å²) in [6, 6.07) is 20.0. The highest BCUT2D eigenvalue weighted by molar-refractivity contribution is 7.90. The molecule has 0 bridgehead atoms. The van der Waals surface area contributed by atoms with Gasteiger partial charge in [-0.25, -0.2) is 8.42 Å². The molecule has 0 unspecified atom stereocenters. The van der Waals surface area contributed by atoms with Gasteiger partial charge in [0.05, 0.1) is 10.9 Å². The summed E-state index contributed by atoms with van der Waals surface area (Å²) in [5, 5.41) is 4.96. The molecule has 0 saturated carbocycles. The zero-order valence-electron chi connectivity index (χ0n) is 15.9. The zero-order chi connectivity index (χ0) is 20.1. The van der Waals surface area contributed by atoms with Gasteiger partial charge in [-0.2, -0.15) is 0 Å². The Bertz CT molecular complexity index is 1070. The van der Waals surface area contributed by atoms with Crippen molar-refractivity contribution in [1.82, 2.24) is 5.32 Å². The first kappa shape index (κ1) is 19.9. The Morgan fingerprint density at radius 2 is 1.68 bits per heavy atom. The molecule has 0 aliphatic heterocycles. The third-order valence-corrected chi connectivity index (χ3v) is 5.69. The molecule has 1 N–H and O–H groups in total. The van der Waals surface area contributed by atoms with E-state index in [2.05, 4.69) is 5.32 Å². The van der Waals surface area contributed by atoms with E-state index in [1.165, 1.54) is 6.26 Å². The molecule has 0 spiro atoms. The lowest BCUT2D eigenvalue weighted by Crippen LogP contribution is -2.32. The molecule has 0 heterocycles. The van der Waals surface area contributed by atoms with Crippen molar-refractivity contribution in [1.29, 1.82) is 0 Å². The largest absolute Gasteiger partial charge is 0.483 e. The van der Waals surface area contributed by atoms with Crippen LogP contribution in [0, 0.1) is 0 Å². The average Bonchev–Trinajstić information content (AvgIpc) is 2.70. The number of ether oxygens (including phenoxy) is 1. The second-order valence-corrected chi connectivity index (χ2v) is 8.65. The van der Waals surface area contributed by atoms with Crippen LogP contribution in [0.1, 0.15) is 24.9 Å². The van der Waals surface area contributed by atoms with Crippen LogP contribution in [-0.2, 0) is 14.6 Å². The predicted octanol–water partition coefficient (Wildman–Crippen LogP) is 3.89. The molecule has 0 saturated heterocycles. The van der Waals surface area contributed by atoms with Gasteiger partial charge in [0.1, 0.15) is 5.75 Å². The maximum Gasteiger partial charge on any atom is 0.258 e. The molecule has 3 aromatic rings. The molecule has 0 fully saturated rings. The molecular weight excluding hydrogens is 374 g/mol. The highest BCUT2D eigenvalue weighted by Crippen LogP contribution is 2.25. The Hall–Kier alpha value is -2.86. The number of rotatable bonds is 7. The number of sulfone groups is 1. The number of hydrogen-bond donors (Lipinski definition) is 1. The Kier molecular flexibility index (Phi) is 5.99. The van der Waals surface area contributed by atoms with Crippen LogP contribution >= 0.6 is 0 Å². The van der Waals surface area contributed by atoms with Crippen LogP contribution in [0.5, 0.6) is 5.75 Å². The van der Waals surface area contributed by atoms with Gasteiger partial charge in [0.2, 0.25) is 0 Å². The fraction of sp³-hybridized carbons (Fsp3) is 0.227. The van der Waals surface area contributed by atoms with E-state index in [0.717, 1.165) is 16.3 Å². The number of hydrogen-bond acceptors (Lipinski definition) is 4. The maximum atomic E-state index is 12.4. The van der Waals surface area contributed by atoms with Crippen LogP contribution in [-0.4, -0.2) is 27.2 Å². The van der Waals surface area contributed by atoms with Crippen molar-refractivity contribution in [3.05, 3.63) is 72.3 Å². The van der Waals surface area contributed by atoms with E-state index in [1.807, 2.05) is 49.4 Å². The number of carbonyl (C=O) groups excluding carboxylic acids is 1. The van der Waals surface area contributed by atoms with Crippen LogP contribution in [0.3, 0.4) is 0 Å². The van der Waals surface area contributed by atoms with Crippen molar-refractivity contribution in [3.8, 4) is 5.75 Å².